The first-order valence-electron chi connectivity index (χ1n) is 11.3. The van der Waals surface area contributed by atoms with Gasteiger partial charge in [0.25, 0.3) is 0 Å². The van der Waals surface area contributed by atoms with Crippen LogP contribution >= 0.6 is 0 Å². The van der Waals surface area contributed by atoms with E-state index >= 15 is 0 Å². The summed E-state index contributed by atoms with van der Waals surface area (Å²) < 4.78 is 13.6. The summed E-state index contributed by atoms with van der Waals surface area (Å²) in [5, 5.41) is 15.0. The van der Waals surface area contributed by atoms with E-state index in [-0.39, 0.29) is 5.92 Å². The molecule has 1 N–H and O–H groups in total. The van der Waals surface area contributed by atoms with Crippen molar-refractivity contribution in [3.63, 3.8) is 0 Å². The molecular formula is C26H35N3O3. The highest BCUT2D eigenvalue weighted by molar-refractivity contribution is 5.46. The van der Waals surface area contributed by atoms with E-state index in [0.29, 0.717) is 19.0 Å². The van der Waals surface area contributed by atoms with Gasteiger partial charge >= 0.3 is 0 Å². The highest BCUT2D eigenvalue weighted by Gasteiger charge is 2.25. The van der Waals surface area contributed by atoms with Crippen molar-refractivity contribution in [1.82, 2.24) is 14.7 Å². The third-order valence-corrected chi connectivity index (χ3v) is 5.23. The Balaban J connectivity index is 2.12. The van der Waals surface area contributed by atoms with Crippen molar-refractivity contribution in [2.24, 2.45) is 0 Å². The maximum Gasteiger partial charge on any atom is 0.227 e. The van der Waals surface area contributed by atoms with Gasteiger partial charge < -0.3 is 14.6 Å². The molecule has 1 heterocycles. The van der Waals surface area contributed by atoms with Gasteiger partial charge in [-0.2, -0.15) is 5.10 Å². The van der Waals surface area contributed by atoms with E-state index in [0.717, 1.165) is 41.4 Å². The van der Waals surface area contributed by atoms with Crippen molar-refractivity contribution < 1.29 is 14.6 Å². The molecule has 0 unspecified atom stereocenters. The quantitative estimate of drug-likeness (QED) is 0.436. The Kier molecular flexibility index (Phi) is 8.31. The molecular weight excluding hydrogens is 402 g/mol. The molecule has 6 heteroatoms. The number of aromatic nitrogens is 2. The van der Waals surface area contributed by atoms with Gasteiger partial charge in [-0.15, -0.1) is 0 Å². The fourth-order valence-electron chi connectivity index (χ4n) is 3.82. The van der Waals surface area contributed by atoms with Gasteiger partial charge in [-0.05, 0) is 62.2 Å². The average molecular weight is 438 g/mol. The molecule has 0 bridgehead atoms. The Bertz CT molecular complexity index is 966. The molecule has 1 atom stereocenters. The zero-order valence-electron chi connectivity index (χ0n) is 19.8. The second kappa shape index (κ2) is 11.2. The molecule has 2 aromatic carbocycles. The largest absolute Gasteiger partial charge is 0.497 e. The minimum atomic E-state index is -0.404. The Morgan fingerprint density at radius 3 is 2.25 bits per heavy atom. The lowest BCUT2D eigenvalue weighted by Crippen LogP contribution is -2.31. The number of para-hydroxylation sites is 1. The topological polar surface area (TPSA) is 59.8 Å². The minimum absolute atomic E-state index is 0.220. The Hall–Kier alpha value is -2.83. The van der Waals surface area contributed by atoms with Crippen LogP contribution in [0.4, 0.5) is 0 Å². The molecule has 1 aromatic heterocycles. The lowest BCUT2D eigenvalue weighted by Gasteiger charge is -2.24. The molecule has 0 fully saturated rings. The second-order valence-corrected chi connectivity index (χ2v) is 8.43. The van der Waals surface area contributed by atoms with E-state index in [1.54, 1.807) is 7.11 Å². The number of aliphatic hydroxyl groups excluding tert-OH is 1. The number of methoxy groups -OCH3 is 1. The molecule has 32 heavy (non-hydrogen) atoms. The van der Waals surface area contributed by atoms with Gasteiger partial charge in [-0.3, -0.25) is 4.90 Å². The van der Waals surface area contributed by atoms with E-state index in [9.17, 15) is 5.11 Å². The van der Waals surface area contributed by atoms with Crippen LogP contribution in [-0.4, -0.2) is 46.1 Å². The van der Waals surface area contributed by atoms with E-state index in [4.69, 9.17) is 14.6 Å². The zero-order valence-corrected chi connectivity index (χ0v) is 19.8. The number of ether oxygens (including phenoxy) is 2. The normalized spacial score (nSPS) is 12.4. The third kappa shape index (κ3) is 5.90. The molecule has 3 aromatic rings. The molecule has 172 valence electrons. The first kappa shape index (κ1) is 23.8. The summed E-state index contributed by atoms with van der Waals surface area (Å²) in [6.07, 6.45) is 0.602. The zero-order chi connectivity index (χ0) is 23.1. The second-order valence-electron chi connectivity index (χ2n) is 8.43. The summed E-state index contributed by atoms with van der Waals surface area (Å²) in [5.41, 5.74) is 2.95. The smallest absolute Gasteiger partial charge is 0.227 e. The number of benzene rings is 2. The lowest BCUT2D eigenvalue weighted by atomic mass is 10.1. The van der Waals surface area contributed by atoms with Gasteiger partial charge in [0.1, 0.15) is 11.5 Å². The average Bonchev–Trinajstić information content (AvgIpc) is 3.12. The number of hydrogen-bond acceptors (Lipinski definition) is 5. The van der Waals surface area contributed by atoms with Crippen LogP contribution in [0.2, 0.25) is 0 Å². The van der Waals surface area contributed by atoms with Crippen molar-refractivity contribution in [3.05, 3.63) is 65.9 Å². The monoisotopic (exact) mass is 437 g/mol. The van der Waals surface area contributed by atoms with E-state index in [2.05, 4.69) is 25.7 Å². The molecule has 0 radical (unpaired) electrons. The van der Waals surface area contributed by atoms with Gasteiger partial charge in [-0.1, -0.05) is 39.0 Å². The molecule has 0 aliphatic carbocycles. The number of rotatable bonds is 11. The van der Waals surface area contributed by atoms with E-state index in [1.807, 2.05) is 66.2 Å². The van der Waals surface area contributed by atoms with Gasteiger partial charge in [0.15, 0.2) is 0 Å². The van der Waals surface area contributed by atoms with E-state index < -0.39 is 6.10 Å². The SMILES string of the molecule is CCCN(Cc1c(C(C)C)nn(-c2ccc(OC)cc2)c1Oc1ccccc1)C[C@@H](C)O. The van der Waals surface area contributed by atoms with Crippen LogP contribution in [0, 0.1) is 0 Å². The van der Waals surface area contributed by atoms with Crippen LogP contribution in [-0.2, 0) is 6.54 Å². The number of hydrogen-bond donors (Lipinski definition) is 1. The van der Waals surface area contributed by atoms with Crippen LogP contribution in [0.25, 0.3) is 5.69 Å². The number of aliphatic hydroxyl groups is 1. The molecule has 6 nitrogen and oxygen atoms in total. The summed E-state index contributed by atoms with van der Waals surface area (Å²) in [6, 6.07) is 17.6. The number of nitrogens with zero attached hydrogens (tertiary/aromatic N) is 3. The standard InChI is InChI=1S/C26H35N3O3/c1-6-16-28(17-20(4)30)18-24-25(19(2)3)27-29(21-12-14-22(31-5)15-13-21)26(24)32-23-10-8-7-9-11-23/h7-15,19-20,30H,6,16-18H2,1-5H3/t20-/m1/s1. The highest BCUT2D eigenvalue weighted by atomic mass is 16.5. The molecule has 0 saturated heterocycles. The lowest BCUT2D eigenvalue weighted by molar-refractivity contribution is 0.121. The summed E-state index contributed by atoms with van der Waals surface area (Å²) in [6.45, 7) is 10.4. The summed E-state index contributed by atoms with van der Waals surface area (Å²) in [4.78, 5) is 2.27. The van der Waals surface area contributed by atoms with Crippen LogP contribution in [0.5, 0.6) is 17.4 Å². The fraction of sp³-hybridized carbons (Fsp3) is 0.423. The maximum atomic E-state index is 10.0. The summed E-state index contributed by atoms with van der Waals surface area (Å²) in [5.74, 6) is 2.48. The van der Waals surface area contributed by atoms with Crippen LogP contribution < -0.4 is 9.47 Å². The van der Waals surface area contributed by atoms with Crippen molar-refractivity contribution >= 4 is 0 Å². The van der Waals surface area contributed by atoms with Gasteiger partial charge in [-0.25, -0.2) is 4.68 Å². The molecule has 0 saturated carbocycles. The Morgan fingerprint density at radius 1 is 1.00 bits per heavy atom. The van der Waals surface area contributed by atoms with E-state index in [1.165, 1.54) is 0 Å². The van der Waals surface area contributed by atoms with Gasteiger partial charge in [0.05, 0.1) is 30.2 Å². The van der Waals surface area contributed by atoms with Crippen LogP contribution in [0.15, 0.2) is 54.6 Å². The Morgan fingerprint density at radius 2 is 1.69 bits per heavy atom. The Labute approximate surface area is 191 Å². The first-order chi connectivity index (χ1) is 15.4. The van der Waals surface area contributed by atoms with Crippen molar-refractivity contribution in [3.8, 4) is 23.1 Å². The summed E-state index contributed by atoms with van der Waals surface area (Å²) in [7, 11) is 1.66. The minimum Gasteiger partial charge on any atom is -0.497 e. The highest BCUT2D eigenvalue weighted by Crippen LogP contribution is 2.35. The molecule has 0 spiro atoms. The van der Waals surface area contributed by atoms with Crippen LogP contribution in [0.1, 0.15) is 51.3 Å². The predicted molar refractivity (Wildman–Crippen MR) is 128 cm³/mol. The fourth-order valence-corrected chi connectivity index (χ4v) is 3.82. The molecule has 3 rings (SSSR count). The summed E-state index contributed by atoms with van der Waals surface area (Å²) >= 11 is 0. The molecule has 0 amide bonds. The van der Waals surface area contributed by atoms with Crippen molar-refractivity contribution in [2.45, 2.75) is 52.7 Å². The molecule has 0 aliphatic heterocycles. The predicted octanol–water partition coefficient (Wildman–Crippen LogP) is 5.39. The third-order valence-electron chi connectivity index (χ3n) is 5.23. The maximum absolute atomic E-state index is 10.0. The van der Waals surface area contributed by atoms with Gasteiger partial charge in [0, 0.05) is 13.1 Å². The van der Waals surface area contributed by atoms with Crippen molar-refractivity contribution in [2.75, 3.05) is 20.2 Å². The molecule has 0 aliphatic rings. The van der Waals surface area contributed by atoms with Crippen molar-refractivity contribution in [1.29, 1.82) is 0 Å². The first-order valence-corrected chi connectivity index (χ1v) is 11.3. The van der Waals surface area contributed by atoms with Gasteiger partial charge in [0.2, 0.25) is 5.88 Å². The van der Waals surface area contributed by atoms with Crippen LogP contribution in [0.3, 0.4) is 0 Å².